The van der Waals surface area contributed by atoms with E-state index in [1.165, 1.54) is 0 Å². The average Bonchev–Trinajstić information content (AvgIpc) is 3.46. The van der Waals surface area contributed by atoms with Crippen molar-refractivity contribution in [1.29, 1.82) is 0 Å². The number of allylic oxidation sites excluding steroid dienone is 36. The molecule has 0 rings (SSSR count). The molecule has 81 heavy (non-hydrogen) atoms. The summed E-state index contributed by atoms with van der Waals surface area (Å²) in [4.78, 5) is 35.1. The van der Waals surface area contributed by atoms with Crippen molar-refractivity contribution in [3.05, 3.63) is 219 Å². The topological polar surface area (TPSA) is 134 Å². The normalized spacial score (nSPS) is 14.6. The maximum Gasteiger partial charge on any atom is 0.472 e. The van der Waals surface area contributed by atoms with Crippen LogP contribution in [0, 0.1) is 0 Å². The summed E-state index contributed by atoms with van der Waals surface area (Å²) in [5, 5.41) is 0. The van der Waals surface area contributed by atoms with Crippen molar-refractivity contribution in [2.24, 2.45) is 5.73 Å². The van der Waals surface area contributed by atoms with Gasteiger partial charge in [0.2, 0.25) is 0 Å². The number of esters is 2. The minimum Gasteiger partial charge on any atom is -0.462 e. The zero-order valence-corrected chi connectivity index (χ0v) is 50.8. The SMILES string of the molecule is CC/C=C\C/C=C\C/C=C\C/C=C\C/C=C\C/C=C\C/C=C\C/C=C\C/C=C\C/C=C\C/C=C\C/C=C\CCCCCCC(=O)OC(COC(=O)CC/C=C\C/C=C\C/C=C\C/C=C\C/C=C\C/C=C\CC)COP(=O)(O)OCCN. The van der Waals surface area contributed by atoms with E-state index in [0.717, 1.165) is 141 Å². The van der Waals surface area contributed by atoms with Gasteiger partial charge in [-0.15, -0.1) is 0 Å². The van der Waals surface area contributed by atoms with Gasteiger partial charge in [-0.2, -0.15) is 0 Å². The lowest BCUT2D eigenvalue weighted by molar-refractivity contribution is -0.161. The highest BCUT2D eigenvalue weighted by Crippen LogP contribution is 2.43. The Labute approximate surface area is 492 Å². The molecule has 0 fully saturated rings. The van der Waals surface area contributed by atoms with Crippen LogP contribution in [0.1, 0.15) is 181 Å². The maximum atomic E-state index is 12.7. The number of hydrogen-bond donors (Lipinski definition) is 2. The van der Waals surface area contributed by atoms with Crippen molar-refractivity contribution in [1.82, 2.24) is 0 Å². The third-order valence-corrected chi connectivity index (χ3v) is 12.4. The molecule has 2 unspecified atom stereocenters. The van der Waals surface area contributed by atoms with Gasteiger partial charge in [0.15, 0.2) is 6.10 Å². The van der Waals surface area contributed by atoms with Gasteiger partial charge in [0.25, 0.3) is 0 Å². The molecule has 0 saturated heterocycles. The number of carbonyl (C=O) groups excluding carboxylic acids is 2. The quantitative estimate of drug-likeness (QED) is 0.0264. The van der Waals surface area contributed by atoms with E-state index in [-0.39, 0.29) is 32.6 Å². The molecule has 3 N–H and O–H groups in total. The summed E-state index contributed by atoms with van der Waals surface area (Å²) >= 11 is 0. The van der Waals surface area contributed by atoms with Gasteiger partial charge in [0, 0.05) is 19.4 Å². The molecule has 0 aromatic rings. The molecule has 0 radical (unpaired) electrons. The monoisotopic (exact) mass is 1130 g/mol. The first-order valence-electron chi connectivity index (χ1n) is 30.2. The van der Waals surface area contributed by atoms with Crippen LogP contribution in [0.25, 0.3) is 0 Å². The summed E-state index contributed by atoms with van der Waals surface area (Å²) in [5.74, 6) is -0.977. The second kappa shape index (κ2) is 63.5. The summed E-state index contributed by atoms with van der Waals surface area (Å²) in [6.45, 7) is 3.35. The van der Waals surface area contributed by atoms with Crippen LogP contribution in [-0.4, -0.2) is 49.3 Å². The van der Waals surface area contributed by atoms with Crippen LogP contribution in [0.5, 0.6) is 0 Å². The summed E-state index contributed by atoms with van der Waals surface area (Å²) in [6, 6.07) is 0. The van der Waals surface area contributed by atoms with Gasteiger partial charge in [-0.05, 0) is 141 Å². The fraction of sp³-hybridized carbons (Fsp3) is 0.465. The fourth-order valence-corrected chi connectivity index (χ4v) is 7.76. The molecule has 0 aliphatic rings. The van der Waals surface area contributed by atoms with Gasteiger partial charge in [-0.25, -0.2) is 4.57 Å². The molecule has 2 atom stereocenters. The van der Waals surface area contributed by atoms with Crippen LogP contribution < -0.4 is 5.73 Å². The van der Waals surface area contributed by atoms with Crippen LogP contribution in [-0.2, 0) is 32.7 Å². The van der Waals surface area contributed by atoms with Crippen LogP contribution in [0.15, 0.2) is 219 Å². The summed E-state index contributed by atoms with van der Waals surface area (Å²) in [6.07, 6.45) is 100. The summed E-state index contributed by atoms with van der Waals surface area (Å²) in [7, 11) is -4.43. The van der Waals surface area contributed by atoms with Crippen molar-refractivity contribution >= 4 is 19.8 Å². The van der Waals surface area contributed by atoms with Gasteiger partial charge >= 0.3 is 19.8 Å². The number of carbonyl (C=O) groups is 2. The summed E-state index contributed by atoms with van der Waals surface area (Å²) < 4.78 is 32.9. The first-order valence-corrected chi connectivity index (χ1v) is 31.7. The third-order valence-electron chi connectivity index (χ3n) is 11.4. The van der Waals surface area contributed by atoms with Gasteiger partial charge in [0.1, 0.15) is 6.61 Å². The molecule has 0 saturated carbocycles. The van der Waals surface area contributed by atoms with E-state index >= 15 is 0 Å². The standard InChI is InChI=1S/C71H106NO8P/c1-3-5-7-9-11-13-15-17-19-21-23-24-25-26-27-28-29-30-31-32-33-34-35-36-37-38-39-40-41-42-43-44-46-48-50-52-54-56-58-60-62-64-71(74)80-69(68-79-81(75,76)78-66-65-72)67-77-70(73)63-61-59-57-55-53-51-49-47-45-22-20-18-16-14-12-10-8-6-4-2/h5-8,11-14,17-20,23-24,26-27,29-30,32-33,35-36,38-39,41-42,44-47,50-53,57,59,69H,3-4,9-10,15-16,21-22,25,28,31,34,37,40,43,48-49,54-56,58,60-68,72H2,1-2H3,(H,75,76)/b7-5-,8-6-,13-11-,14-12-,19-17-,20-18-,24-23-,27-26-,30-29-,33-32-,36-35-,39-38-,42-41-,46-44-,47-45-,52-50-,53-51-,59-57-. The minimum atomic E-state index is -4.43. The first kappa shape index (κ1) is 75.3. The van der Waals surface area contributed by atoms with E-state index in [1.54, 1.807) is 0 Å². The molecular formula is C71H106NO8P. The lowest BCUT2D eigenvalue weighted by Gasteiger charge is -2.19. The van der Waals surface area contributed by atoms with Crippen molar-refractivity contribution in [2.45, 2.75) is 187 Å². The Balaban J connectivity index is 4.16. The van der Waals surface area contributed by atoms with Gasteiger partial charge in [0.05, 0.1) is 13.2 Å². The van der Waals surface area contributed by atoms with E-state index in [2.05, 4.69) is 220 Å². The molecule has 0 bridgehead atoms. The maximum absolute atomic E-state index is 12.7. The van der Waals surface area contributed by atoms with Crippen LogP contribution >= 0.6 is 7.82 Å². The Morgan fingerprint density at radius 3 is 0.988 bits per heavy atom. The molecule has 0 spiro atoms. The van der Waals surface area contributed by atoms with Crippen molar-refractivity contribution in [3.63, 3.8) is 0 Å². The summed E-state index contributed by atoms with van der Waals surface area (Å²) in [5.41, 5.74) is 5.37. The third kappa shape index (κ3) is 63.4. The molecule has 448 valence electrons. The largest absolute Gasteiger partial charge is 0.472 e. The lowest BCUT2D eigenvalue weighted by atomic mass is 10.1. The van der Waals surface area contributed by atoms with Gasteiger partial charge in [-0.1, -0.05) is 245 Å². The Hall–Kier alpha value is -5.67. The van der Waals surface area contributed by atoms with E-state index in [0.29, 0.717) is 12.8 Å². The minimum absolute atomic E-state index is 0.0265. The first-order chi connectivity index (χ1) is 39.8. The molecule has 10 heteroatoms. The van der Waals surface area contributed by atoms with Gasteiger partial charge in [-0.3, -0.25) is 18.6 Å². The van der Waals surface area contributed by atoms with E-state index in [1.807, 2.05) is 12.2 Å². The number of rotatable bonds is 53. The van der Waals surface area contributed by atoms with Crippen molar-refractivity contribution in [2.75, 3.05) is 26.4 Å². The van der Waals surface area contributed by atoms with E-state index in [4.69, 9.17) is 24.3 Å². The highest BCUT2D eigenvalue weighted by Gasteiger charge is 2.26. The number of nitrogens with two attached hydrogens (primary N) is 1. The average molecular weight is 1130 g/mol. The molecule has 0 aliphatic carbocycles. The Bertz CT molecular complexity index is 2120. The fourth-order valence-electron chi connectivity index (χ4n) is 6.99. The van der Waals surface area contributed by atoms with Crippen molar-refractivity contribution in [3.8, 4) is 0 Å². The zero-order valence-electron chi connectivity index (χ0n) is 49.9. The molecular weight excluding hydrogens is 1030 g/mol. The van der Waals surface area contributed by atoms with Crippen LogP contribution in [0.3, 0.4) is 0 Å². The van der Waals surface area contributed by atoms with Crippen molar-refractivity contribution < 1.29 is 37.6 Å². The highest BCUT2D eigenvalue weighted by atomic mass is 31.2. The molecule has 9 nitrogen and oxygen atoms in total. The lowest BCUT2D eigenvalue weighted by Crippen LogP contribution is -2.29. The predicted octanol–water partition coefficient (Wildman–Crippen LogP) is 19.7. The number of unbranched alkanes of at least 4 members (excludes halogenated alkanes) is 4. The second-order valence-electron chi connectivity index (χ2n) is 18.7. The molecule has 0 aliphatic heterocycles. The number of phosphoric acid groups is 1. The Kier molecular flexibility index (Phi) is 59.1. The number of ether oxygens (including phenoxy) is 2. The second-order valence-corrected chi connectivity index (χ2v) is 20.2. The number of phosphoric ester groups is 1. The van der Waals surface area contributed by atoms with Crippen LogP contribution in [0.2, 0.25) is 0 Å². The number of hydrogen-bond acceptors (Lipinski definition) is 8. The Morgan fingerprint density at radius 1 is 0.370 bits per heavy atom. The molecule has 0 aromatic heterocycles. The smallest absolute Gasteiger partial charge is 0.462 e. The zero-order chi connectivity index (χ0) is 58.7. The predicted molar refractivity (Wildman–Crippen MR) is 348 cm³/mol. The Morgan fingerprint density at radius 2 is 0.667 bits per heavy atom. The molecule has 0 aromatic carbocycles. The van der Waals surface area contributed by atoms with E-state index in [9.17, 15) is 19.0 Å². The van der Waals surface area contributed by atoms with Gasteiger partial charge < -0.3 is 20.1 Å². The van der Waals surface area contributed by atoms with E-state index < -0.39 is 32.5 Å². The highest BCUT2D eigenvalue weighted by molar-refractivity contribution is 7.47. The molecule has 0 heterocycles. The van der Waals surface area contributed by atoms with Crippen LogP contribution in [0.4, 0.5) is 0 Å². The molecule has 0 amide bonds.